The molecule has 1 atom stereocenters. The molecule has 0 bridgehead atoms. The molecule has 0 heterocycles. The highest BCUT2D eigenvalue weighted by atomic mass is 79.9. The highest BCUT2D eigenvalue weighted by molar-refractivity contribution is 9.10. The average molecular weight is 320 g/mol. The zero-order valence-corrected chi connectivity index (χ0v) is 13.0. The lowest BCUT2D eigenvalue weighted by molar-refractivity contribution is 0.463. The zero-order valence-electron chi connectivity index (χ0n) is 11.4. The minimum atomic E-state index is 0.243. The molecule has 0 aliphatic rings. The number of rotatable bonds is 4. The summed E-state index contributed by atoms with van der Waals surface area (Å²) in [6.45, 7) is 4.17. The molecule has 0 aliphatic carbocycles. The number of hydrogen-bond acceptors (Lipinski definition) is 2. The van der Waals surface area contributed by atoms with E-state index in [9.17, 15) is 0 Å². The highest BCUT2D eigenvalue weighted by Gasteiger charge is 2.12. The minimum absolute atomic E-state index is 0.243. The van der Waals surface area contributed by atoms with E-state index in [0.29, 0.717) is 0 Å². The van der Waals surface area contributed by atoms with Gasteiger partial charge in [0.05, 0.1) is 0 Å². The molecule has 0 saturated heterocycles. The minimum Gasteiger partial charge on any atom is -0.457 e. The molecule has 1 N–H and O–H groups in total. The molecular weight excluding hydrogens is 302 g/mol. The zero-order chi connectivity index (χ0) is 13.8. The quantitative estimate of drug-likeness (QED) is 0.871. The predicted octanol–water partition coefficient (Wildman–Crippen LogP) is 4.83. The van der Waals surface area contributed by atoms with Crippen molar-refractivity contribution in [3.8, 4) is 11.5 Å². The topological polar surface area (TPSA) is 21.3 Å². The van der Waals surface area contributed by atoms with Crippen LogP contribution in [0, 0.1) is 6.92 Å². The van der Waals surface area contributed by atoms with Gasteiger partial charge in [0.25, 0.3) is 0 Å². The van der Waals surface area contributed by atoms with E-state index in [0.717, 1.165) is 27.1 Å². The van der Waals surface area contributed by atoms with Gasteiger partial charge >= 0.3 is 0 Å². The Hall–Kier alpha value is -1.32. The maximum atomic E-state index is 6.07. The van der Waals surface area contributed by atoms with Crippen LogP contribution in [0.4, 0.5) is 0 Å². The molecule has 1 unspecified atom stereocenters. The summed E-state index contributed by atoms with van der Waals surface area (Å²) in [5, 5.41) is 3.25. The van der Waals surface area contributed by atoms with Crippen molar-refractivity contribution in [1.82, 2.24) is 5.32 Å². The number of aryl methyl sites for hydroxylation is 1. The fraction of sp³-hybridized carbons (Fsp3) is 0.250. The van der Waals surface area contributed by atoms with Gasteiger partial charge in [-0.1, -0.05) is 40.2 Å². The second kappa shape index (κ2) is 6.22. The Morgan fingerprint density at radius 3 is 2.53 bits per heavy atom. The Morgan fingerprint density at radius 1 is 1.11 bits per heavy atom. The maximum Gasteiger partial charge on any atom is 0.133 e. The van der Waals surface area contributed by atoms with Gasteiger partial charge in [0, 0.05) is 16.1 Å². The van der Waals surface area contributed by atoms with Crippen molar-refractivity contribution in [3.05, 3.63) is 58.1 Å². The van der Waals surface area contributed by atoms with Gasteiger partial charge in [-0.3, -0.25) is 0 Å². The van der Waals surface area contributed by atoms with Crippen LogP contribution < -0.4 is 10.1 Å². The molecule has 2 aromatic rings. The summed E-state index contributed by atoms with van der Waals surface area (Å²) in [6.07, 6.45) is 0. The summed E-state index contributed by atoms with van der Waals surface area (Å²) in [7, 11) is 1.95. The van der Waals surface area contributed by atoms with Gasteiger partial charge in [-0.2, -0.15) is 0 Å². The average Bonchev–Trinajstić information content (AvgIpc) is 2.41. The number of ether oxygens (including phenoxy) is 1. The third-order valence-electron chi connectivity index (χ3n) is 3.19. The van der Waals surface area contributed by atoms with Crippen LogP contribution in [0.25, 0.3) is 0 Å². The summed E-state index contributed by atoms with van der Waals surface area (Å²) in [6, 6.07) is 14.4. The number of benzene rings is 2. The van der Waals surface area contributed by atoms with E-state index < -0.39 is 0 Å². The molecule has 0 aromatic heterocycles. The molecule has 0 radical (unpaired) electrons. The van der Waals surface area contributed by atoms with E-state index in [1.807, 2.05) is 37.4 Å². The third kappa shape index (κ3) is 3.37. The lowest BCUT2D eigenvalue weighted by Gasteiger charge is -2.17. The smallest absolute Gasteiger partial charge is 0.133 e. The van der Waals surface area contributed by atoms with E-state index in [1.165, 1.54) is 0 Å². The summed E-state index contributed by atoms with van der Waals surface area (Å²) < 4.78 is 7.09. The first-order chi connectivity index (χ1) is 9.11. The van der Waals surface area contributed by atoms with E-state index in [1.54, 1.807) is 0 Å². The van der Waals surface area contributed by atoms with Crippen LogP contribution in [0.1, 0.15) is 24.1 Å². The number of para-hydroxylation sites is 1. The molecular formula is C16H18BrNO. The van der Waals surface area contributed by atoms with Crippen LogP contribution in [-0.2, 0) is 0 Å². The van der Waals surface area contributed by atoms with E-state index in [-0.39, 0.29) is 6.04 Å². The van der Waals surface area contributed by atoms with Gasteiger partial charge in [-0.25, -0.2) is 0 Å². The molecule has 0 aliphatic heterocycles. The largest absolute Gasteiger partial charge is 0.457 e. The standard InChI is InChI=1S/C16H18BrNO/c1-11-6-4-5-7-15(11)19-16-10-13(17)8-9-14(16)12(2)18-3/h4-10,12,18H,1-3H3. The molecule has 0 spiro atoms. The normalized spacial score (nSPS) is 12.2. The monoisotopic (exact) mass is 319 g/mol. The van der Waals surface area contributed by atoms with Crippen molar-refractivity contribution in [3.63, 3.8) is 0 Å². The molecule has 100 valence electrons. The SMILES string of the molecule is CNC(C)c1ccc(Br)cc1Oc1ccccc1C. The van der Waals surface area contributed by atoms with Gasteiger partial charge in [0.1, 0.15) is 11.5 Å². The van der Waals surface area contributed by atoms with Crippen molar-refractivity contribution in [2.24, 2.45) is 0 Å². The number of halogens is 1. The van der Waals surface area contributed by atoms with Crippen LogP contribution in [0.3, 0.4) is 0 Å². The molecule has 2 aromatic carbocycles. The summed E-state index contributed by atoms with van der Waals surface area (Å²) >= 11 is 3.50. The molecule has 19 heavy (non-hydrogen) atoms. The fourth-order valence-corrected chi connectivity index (χ4v) is 2.24. The van der Waals surface area contributed by atoms with Crippen LogP contribution in [0.5, 0.6) is 11.5 Å². The van der Waals surface area contributed by atoms with Crippen molar-refractivity contribution in [1.29, 1.82) is 0 Å². The van der Waals surface area contributed by atoms with Crippen molar-refractivity contribution in [2.45, 2.75) is 19.9 Å². The highest BCUT2D eigenvalue weighted by Crippen LogP contribution is 2.33. The van der Waals surface area contributed by atoms with E-state index in [2.05, 4.69) is 47.2 Å². The van der Waals surface area contributed by atoms with Crippen LogP contribution in [0.2, 0.25) is 0 Å². The summed E-state index contributed by atoms with van der Waals surface area (Å²) in [5.41, 5.74) is 2.28. The maximum absolute atomic E-state index is 6.07. The van der Waals surface area contributed by atoms with Crippen molar-refractivity contribution < 1.29 is 4.74 Å². The van der Waals surface area contributed by atoms with Gasteiger partial charge in [0.15, 0.2) is 0 Å². The molecule has 0 amide bonds. The lowest BCUT2D eigenvalue weighted by Crippen LogP contribution is -2.13. The van der Waals surface area contributed by atoms with Crippen molar-refractivity contribution >= 4 is 15.9 Å². The second-order valence-corrected chi connectivity index (χ2v) is 5.48. The Labute approximate surface area is 122 Å². The molecule has 0 saturated carbocycles. The second-order valence-electron chi connectivity index (χ2n) is 4.56. The lowest BCUT2D eigenvalue weighted by atomic mass is 10.1. The van der Waals surface area contributed by atoms with Crippen molar-refractivity contribution in [2.75, 3.05) is 7.05 Å². The van der Waals surface area contributed by atoms with E-state index in [4.69, 9.17) is 4.74 Å². The fourth-order valence-electron chi connectivity index (χ4n) is 1.90. The van der Waals surface area contributed by atoms with Gasteiger partial charge in [-0.15, -0.1) is 0 Å². The first-order valence-electron chi connectivity index (χ1n) is 6.32. The third-order valence-corrected chi connectivity index (χ3v) is 3.68. The first kappa shape index (κ1) is 14.1. The Bertz CT molecular complexity index is 568. The van der Waals surface area contributed by atoms with Gasteiger partial charge < -0.3 is 10.1 Å². The molecule has 2 nitrogen and oxygen atoms in total. The summed E-state index contributed by atoms with van der Waals surface area (Å²) in [4.78, 5) is 0. The molecule has 0 fully saturated rings. The molecule has 2 rings (SSSR count). The van der Waals surface area contributed by atoms with Crippen LogP contribution in [-0.4, -0.2) is 7.05 Å². The summed E-state index contributed by atoms with van der Waals surface area (Å²) in [5.74, 6) is 1.77. The Kier molecular flexibility index (Phi) is 4.61. The number of hydrogen-bond donors (Lipinski definition) is 1. The van der Waals surface area contributed by atoms with Gasteiger partial charge in [0.2, 0.25) is 0 Å². The first-order valence-corrected chi connectivity index (χ1v) is 7.11. The van der Waals surface area contributed by atoms with Crippen LogP contribution >= 0.6 is 15.9 Å². The number of nitrogens with one attached hydrogen (secondary N) is 1. The van der Waals surface area contributed by atoms with E-state index >= 15 is 0 Å². The Balaban J connectivity index is 2.38. The molecule has 3 heteroatoms. The van der Waals surface area contributed by atoms with Gasteiger partial charge in [-0.05, 0) is 44.7 Å². The Morgan fingerprint density at radius 2 is 1.84 bits per heavy atom. The predicted molar refractivity (Wildman–Crippen MR) is 82.9 cm³/mol. The van der Waals surface area contributed by atoms with Crippen LogP contribution in [0.15, 0.2) is 46.9 Å².